The normalized spacial score (nSPS) is 10.7. The molecule has 0 aliphatic rings. The molecule has 1 aromatic carbocycles. The van der Waals surface area contributed by atoms with Gasteiger partial charge in [0.25, 0.3) is 0 Å². The van der Waals surface area contributed by atoms with Crippen LogP contribution in [0.2, 0.25) is 0 Å². The zero-order valence-corrected chi connectivity index (χ0v) is 15.7. The Morgan fingerprint density at radius 3 is 2.74 bits per heavy atom. The van der Waals surface area contributed by atoms with E-state index < -0.39 is 0 Å². The van der Waals surface area contributed by atoms with Gasteiger partial charge in [0.05, 0.1) is 17.9 Å². The summed E-state index contributed by atoms with van der Waals surface area (Å²) in [4.78, 5) is 24.0. The van der Waals surface area contributed by atoms with Crippen molar-refractivity contribution in [2.45, 2.75) is 24.9 Å². The predicted molar refractivity (Wildman–Crippen MR) is 104 cm³/mol. The van der Waals surface area contributed by atoms with E-state index in [1.807, 2.05) is 35.7 Å². The third-order valence-electron chi connectivity index (χ3n) is 3.75. The van der Waals surface area contributed by atoms with Crippen LogP contribution in [-0.4, -0.2) is 38.8 Å². The second-order valence-electron chi connectivity index (χ2n) is 5.82. The van der Waals surface area contributed by atoms with Crippen molar-refractivity contribution in [3.05, 3.63) is 54.2 Å². The number of nitrogens with one attached hydrogen (secondary N) is 1. The molecular formula is C19H20N4O3S. The molecule has 140 valence electrons. The maximum atomic E-state index is 12.2. The van der Waals surface area contributed by atoms with Crippen LogP contribution in [0.4, 0.5) is 5.69 Å². The molecule has 0 radical (unpaired) electrons. The zero-order valence-electron chi connectivity index (χ0n) is 14.9. The number of carbonyl (C=O) groups excluding carboxylic acids is 2. The molecule has 2 aromatic heterocycles. The molecule has 8 heteroatoms. The summed E-state index contributed by atoms with van der Waals surface area (Å²) in [5.74, 6) is -0.308. The van der Waals surface area contributed by atoms with E-state index in [0.717, 1.165) is 18.5 Å². The Morgan fingerprint density at radius 2 is 1.96 bits per heavy atom. The summed E-state index contributed by atoms with van der Waals surface area (Å²) in [5, 5.41) is 11.6. The fraction of sp³-hybridized carbons (Fsp3) is 0.263. The van der Waals surface area contributed by atoms with Crippen LogP contribution in [0.15, 0.2) is 53.8 Å². The van der Waals surface area contributed by atoms with Crippen molar-refractivity contribution in [3.8, 4) is 0 Å². The highest BCUT2D eigenvalue weighted by Crippen LogP contribution is 2.17. The van der Waals surface area contributed by atoms with Crippen LogP contribution in [0, 0.1) is 0 Å². The number of aromatic nitrogens is 3. The quantitative estimate of drug-likeness (QED) is 0.364. The number of unbranched alkanes of at least 4 members (excludes halogenated alkanes) is 1. The Hall–Kier alpha value is -2.87. The van der Waals surface area contributed by atoms with E-state index in [2.05, 4.69) is 15.5 Å². The molecule has 0 bridgehead atoms. The maximum absolute atomic E-state index is 12.2. The van der Waals surface area contributed by atoms with Gasteiger partial charge in [-0.3, -0.25) is 9.20 Å². The van der Waals surface area contributed by atoms with E-state index in [4.69, 9.17) is 4.74 Å². The summed E-state index contributed by atoms with van der Waals surface area (Å²) in [6, 6.07) is 12.3. The van der Waals surface area contributed by atoms with E-state index in [-0.39, 0.29) is 17.6 Å². The number of hydrogen-bond donors (Lipinski definition) is 1. The molecule has 0 atom stereocenters. The molecule has 1 amide bonds. The Balaban J connectivity index is 1.51. The number of benzene rings is 1. The lowest BCUT2D eigenvalue weighted by Gasteiger charge is -2.07. The van der Waals surface area contributed by atoms with Crippen molar-refractivity contribution in [3.63, 3.8) is 0 Å². The zero-order chi connectivity index (χ0) is 19.1. The molecule has 2 heterocycles. The first kappa shape index (κ1) is 18.9. The minimum absolute atomic E-state index is 0.161. The van der Waals surface area contributed by atoms with E-state index in [1.165, 1.54) is 11.8 Å². The van der Waals surface area contributed by atoms with Gasteiger partial charge in [0.2, 0.25) is 5.91 Å². The van der Waals surface area contributed by atoms with Crippen molar-refractivity contribution in [2.24, 2.45) is 0 Å². The molecule has 0 aliphatic heterocycles. The number of amides is 1. The van der Waals surface area contributed by atoms with Crippen LogP contribution in [0.25, 0.3) is 5.65 Å². The highest BCUT2D eigenvalue weighted by molar-refractivity contribution is 7.99. The molecule has 0 fully saturated rings. The number of carbonyl (C=O) groups is 2. The molecule has 3 aromatic rings. The molecule has 0 aliphatic carbocycles. The lowest BCUT2D eigenvalue weighted by atomic mass is 10.2. The van der Waals surface area contributed by atoms with E-state index >= 15 is 0 Å². The van der Waals surface area contributed by atoms with Crippen molar-refractivity contribution in [2.75, 3.05) is 17.7 Å². The number of fused-ring (bicyclic) bond motifs is 1. The van der Waals surface area contributed by atoms with Crippen molar-refractivity contribution >= 4 is 35.0 Å². The predicted octanol–water partition coefficient (Wildman–Crippen LogP) is 3.42. The lowest BCUT2D eigenvalue weighted by molar-refractivity contribution is -0.113. The lowest BCUT2D eigenvalue weighted by Crippen LogP contribution is -2.14. The molecular weight excluding hydrogens is 364 g/mol. The van der Waals surface area contributed by atoms with Crippen LogP contribution in [0.3, 0.4) is 0 Å². The molecule has 1 N–H and O–H groups in total. The van der Waals surface area contributed by atoms with Gasteiger partial charge in [-0.05, 0) is 42.8 Å². The Kier molecular flexibility index (Phi) is 6.43. The second kappa shape index (κ2) is 9.18. The molecule has 3 rings (SSSR count). The molecule has 7 nitrogen and oxygen atoms in total. The number of hydrogen-bond acceptors (Lipinski definition) is 6. The van der Waals surface area contributed by atoms with Gasteiger partial charge in [0.1, 0.15) is 0 Å². The first-order valence-corrected chi connectivity index (χ1v) is 9.65. The molecule has 0 spiro atoms. The fourth-order valence-corrected chi connectivity index (χ4v) is 3.05. The summed E-state index contributed by atoms with van der Waals surface area (Å²) >= 11 is 1.31. The van der Waals surface area contributed by atoms with Gasteiger partial charge in [0, 0.05) is 11.9 Å². The minimum Gasteiger partial charge on any atom is -0.462 e. The van der Waals surface area contributed by atoms with Gasteiger partial charge < -0.3 is 10.1 Å². The molecule has 0 saturated carbocycles. The van der Waals surface area contributed by atoms with Gasteiger partial charge in [0.15, 0.2) is 10.8 Å². The number of ether oxygens (including phenoxy) is 1. The van der Waals surface area contributed by atoms with Gasteiger partial charge in [-0.2, -0.15) is 0 Å². The summed E-state index contributed by atoms with van der Waals surface area (Å²) in [7, 11) is 0. The minimum atomic E-state index is -0.351. The standard InChI is InChI=1S/C19H20N4O3S/c1-2-3-12-26-18(25)14-7-9-15(10-8-14)20-17(24)13-27-19-22-21-16-6-4-5-11-23(16)19/h4-11H,2-3,12-13H2,1H3,(H,20,24). The van der Waals surface area contributed by atoms with Gasteiger partial charge in [-0.25, -0.2) is 4.79 Å². The largest absolute Gasteiger partial charge is 0.462 e. The third kappa shape index (κ3) is 5.07. The second-order valence-corrected chi connectivity index (χ2v) is 6.76. The molecule has 27 heavy (non-hydrogen) atoms. The van der Waals surface area contributed by atoms with Crippen LogP contribution in [-0.2, 0) is 9.53 Å². The number of rotatable bonds is 8. The van der Waals surface area contributed by atoms with Crippen molar-refractivity contribution in [1.29, 1.82) is 0 Å². The Labute approximate surface area is 161 Å². The van der Waals surface area contributed by atoms with Gasteiger partial charge in [-0.15, -0.1) is 10.2 Å². The van der Waals surface area contributed by atoms with Crippen LogP contribution in [0.1, 0.15) is 30.1 Å². The summed E-state index contributed by atoms with van der Waals surface area (Å²) in [5.41, 5.74) is 1.83. The first-order valence-electron chi connectivity index (χ1n) is 8.67. The number of nitrogens with zero attached hydrogens (tertiary/aromatic N) is 3. The Bertz CT molecular complexity index is 924. The summed E-state index contributed by atoms with van der Waals surface area (Å²) in [6.07, 6.45) is 3.67. The number of anilines is 1. The van der Waals surface area contributed by atoms with Crippen molar-refractivity contribution in [1.82, 2.24) is 14.6 Å². The number of esters is 1. The van der Waals surface area contributed by atoms with Gasteiger partial charge in [-0.1, -0.05) is 31.2 Å². The molecule has 0 saturated heterocycles. The topological polar surface area (TPSA) is 85.6 Å². The number of thioether (sulfide) groups is 1. The average molecular weight is 384 g/mol. The fourth-order valence-electron chi connectivity index (χ4n) is 2.33. The maximum Gasteiger partial charge on any atom is 0.338 e. The van der Waals surface area contributed by atoms with Crippen molar-refractivity contribution < 1.29 is 14.3 Å². The first-order chi connectivity index (χ1) is 13.2. The van der Waals surface area contributed by atoms with Crippen LogP contribution in [0.5, 0.6) is 0 Å². The highest BCUT2D eigenvalue weighted by atomic mass is 32.2. The van der Waals surface area contributed by atoms with Gasteiger partial charge >= 0.3 is 5.97 Å². The third-order valence-corrected chi connectivity index (χ3v) is 4.69. The SMILES string of the molecule is CCCCOC(=O)c1ccc(NC(=O)CSc2nnc3ccccn23)cc1. The monoisotopic (exact) mass is 384 g/mol. The summed E-state index contributed by atoms with van der Waals surface area (Å²) in [6.45, 7) is 2.46. The van der Waals surface area contributed by atoms with Crippen LogP contribution >= 0.6 is 11.8 Å². The smallest absolute Gasteiger partial charge is 0.338 e. The highest BCUT2D eigenvalue weighted by Gasteiger charge is 2.10. The Morgan fingerprint density at radius 1 is 1.15 bits per heavy atom. The molecule has 0 unspecified atom stereocenters. The number of pyridine rings is 1. The van der Waals surface area contributed by atoms with E-state index in [1.54, 1.807) is 24.3 Å². The average Bonchev–Trinajstić information content (AvgIpc) is 3.10. The van der Waals surface area contributed by atoms with E-state index in [9.17, 15) is 9.59 Å². The summed E-state index contributed by atoms with van der Waals surface area (Å²) < 4.78 is 6.99. The van der Waals surface area contributed by atoms with Crippen LogP contribution < -0.4 is 5.32 Å². The van der Waals surface area contributed by atoms with E-state index in [0.29, 0.717) is 23.0 Å².